The van der Waals surface area contributed by atoms with Crippen LogP contribution in [0.2, 0.25) is 0 Å². The third-order valence-corrected chi connectivity index (χ3v) is 2.55. The van der Waals surface area contributed by atoms with Gasteiger partial charge in [0.15, 0.2) is 11.5 Å². The van der Waals surface area contributed by atoms with Gasteiger partial charge in [-0.3, -0.25) is 0 Å². The molecule has 0 spiro atoms. The smallest absolute Gasteiger partial charge is 0.161 e. The summed E-state index contributed by atoms with van der Waals surface area (Å²) in [6.07, 6.45) is 7.57. The Morgan fingerprint density at radius 1 is 1.18 bits per heavy atom. The summed E-state index contributed by atoms with van der Waals surface area (Å²) in [5.41, 5.74) is 1.13. The molecule has 2 heteroatoms. The van der Waals surface area contributed by atoms with E-state index < -0.39 is 0 Å². The summed E-state index contributed by atoms with van der Waals surface area (Å²) in [6, 6.07) is 6.01. The molecule has 0 heterocycles. The minimum absolute atomic E-state index is 0.757. The molecule has 0 aliphatic carbocycles. The highest BCUT2D eigenvalue weighted by molar-refractivity contribution is 5.55. The number of unbranched alkanes of at least 4 members (excludes halogenated alkanes) is 2. The first kappa shape index (κ1) is 13.6. The Labute approximate surface area is 104 Å². The average molecular weight is 234 g/mol. The van der Waals surface area contributed by atoms with Gasteiger partial charge in [-0.05, 0) is 31.0 Å². The molecule has 94 valence electrons. The second-order valence-electron chi connectivity index (χ2n) is 3.97. The number of rotatable bonds is 7. The second kappa shape index (κ2) is 7.77. The van der Waals surface area contributed by atoms with Gasteiger partial charge >= 0.3 is 0 Å². The van der Waals surface area contributed by atoms with E-state index in [1.807, 2.05) is 37.3 Å². The number of hydrogen-bond donors (Lipinski definition) is 0. The fraction of sp³-hybridized carbons (Fsp3) is 0.467. The normalized spacial score (nSPS) is 10.8. The quantitative estimate of drug-likeness (QED) is 0.655. The lowest BCUT2D eigenvalue weighted by atomic mass is 10.2. The van der Waals surface area contributed by atoms with Gasteiger partial charge in [0.05, 0.1) is 13.7 Å². The molecule has 0 amide bonds. The molecule has 0 saturated heterocycles. The van der Waals surface area contributed by atoms with Crippen LogP contribution < -0.4 is 9.47 Å². The molecule has 0 aliphatic rings. The Kier molecular flexibility index (Phi) is 6.23. The van der Waals surface area contributed by atoms with Crippen LogP contribution in [0.5, 0.6) is 11.5 Å². The maximum absolute atomic E-state index is 5.71. The molecular formula is C15H22O2. The largest absolute Gasteiger partial charge is 0.493 e. The number of ether oxygens (including phenoxy) is 2. The molecule has 1 rings (SSSR count). The molecule has 0 radical (unpaired) electrons. The van der Waals surface area contributed by atoms with E-state index in [1.165, 1.54) is 12.8 Å². The monoisotopic (exact) mass is 234 g/mol. The molecule has 0 aliphatic heterocycles. The highest BCUT2D eigenvalue weighted by Crippen LogP contribution is 2.28. The van der Waals surface area contributed by atoms with Gasteiger partial charge in [0.25, 0.3) is 0 Å². The van der Waals surface area contributed by atoms with Crippen molar-refractivity contribution in [1.82, 2.24) is 0 Å². The zero-order valence-corrected chi connectivity index (χ0v) is 11.0. The zero-order chi connectivity index (χ0) is 12.5. The molecule has 0 fully saturated rings. The Morgan fingerprint density at radius 2 is 2.00 bits per heavy atom. The number of hydrogen-bond acceptors (Lipinski definition) is 2. The van der Waals surface area contributed by atoms with Gasteiger partial charge in [0.1, 0.15) is 0 Å². The van der Waals surface area contributed by atoms with Crippen LogP contribution >= 0.6 is 0 Å². The standard InChI is InChI=1S/C15H22O2/c1-4-6-7-11-17-14-10-9-13(8-5-2)12-15(14)16-3/h5,8-10,12H,4,6-7,11H2,1-3H3/b8-5-. The summed E-state index contributed by atoms with van der Waals surface area (Å²) >= 11 is 0. The Hall–Kier alpha value is -1.44. The molecule has 1 aromatic rings. The van der Waals surface area contributed by atoms with E-state index in [-0.39, 0.29) is 0 Å². The molecule has 0 unspecified atom stereocenters. The average Bonchev–Trinajstić information content (AvgIpc) is 2.36. The Bertz CT molecular complexity index is 356. The van der Waals surface area contributed by atoms with Crippen LogP contribution in [0.1, 0.15) is 38.7 Å². The van der Waals surface area contributed by atoms with Gasteiger partial charge < -0.3 is 9.47 Å². The topological polar surface area (TPSA) is 18.5 Å². The van der Waals surface area contributed by atoms with Crippen molar-refractivity contribution in [3.63, 3.8) is 0 Å². The lowest BCUT2D eigenvalue weighted by Gasteiger charge is -2.11. The van der Waals surface area contributed by atoms with E-state index >= 15 is 0 Å². The molecule has 2 nitrogen and oxygen atoms in total. The van der Waals surface area contributed by atoms with Crippen LogP contribution in [-0.2, 0) is 0 Å². The summed E-state index contributed by atoms with van der Waals surface area (Å²) in [7, 11) is 1.67. The zero-order valence-electron chi connectivity index (χ0n) is 11.0. The summed E-state index contributed by atoms with van der Waals surface area (Å²) in [5.74, 6) is 1.63. The second-order valence-corrected chi connectivity index (χ2v) is 3.97. The van der Waals surface area contributed by atoms with Gasteiger partial charge in [-0.2, -0.15) is 0 Å². The SMILES string of the molecule is C/C=C\c1ccc(OCCCCC)c(OC)c1. The minimum atomic E-state index is 0.757. The molecule has 0 aromatic heterocycles. The fourth-order valence-corrected chi connectivity index (χ4v) is 1.63. The van der Waals surface area contributed by atoms with Crippen LogP contribution in [0.4, 0.5) is 0 Å². The lowest BCUT2D eigenvalue weighted by Crippen LogP contribution is -1.99. The molecule has 0 saturated carbocycles. The van der Waals surface area contributed by atoms with Crippen LogP contribution in [0.25, 0.3) is 6.08 Å². The third kappa shape index (κ3) is 4.51. The first-order valence-corrected chi connectivity index (χ1v) is 6.25. The van der Waals surface area contributed by atoms with Gasteiger partial charge in [-0.25, -0.2) is 0 Å². The molecule has 17 heavy (non-hydrogen) atoms. The lowest BCUT2D eigenvalue weighted by molar-refractivity contribution is 0.286. The van der Waals surface area contributed by atoms with Crippen molar-refractivity contribution >= 4 is 6.08 Å². The van der Waals surface area contributed by atoms with E-state index in [4.69, 9.17) is 9.47 Å². The van der Waals surface area contributed by atoms with Crippen LogP contribution in [-0.4, -0.2) is 13.7 Å². The van der Waals surface area contributed by atoms with Crippen molar-refractivity contribution in [2.45, 2.75) is 33.1 Å². The van der Waals surface area contributed by atoms with Crippen LogP contribution in [0, 0.1) is 0 Å². The van der Waals surface area contributed by atoms with Crippen molar-refractivity contribution in [2.75, 3.05) is 13.7 Å². The van der Waals surface area contributed by atoms with Crippen LogP contribution in [0.3, 0.4) is 0 Å². The van der Waals surface area contributed by atoms with E-state index in [1.54, 1.807) is 7.11 Å². The highest BCUT2D eigenvalue weighted by Gasteiger charge is 2.04. The highest BCUT2D eigenvalue weighted by atomic mass is 16.5. The molecule has 0 bridgehead atoms. The first-order chi connectivity index (χ1) is 8.31. The number of benzene rings is 1. The predicted octanol–water partition coefficient (Wildman–Crippen LogP) is 4.30. The predicted molar refractivity (Wildman–Crippen MR) is 72.7 cm³/mol. The third-order valence-electron chi connectivity index (χ3n) is 2.55. The van der Waals surface area contributed by atoms with E-state index in [0.29, 0.717) is 0 Å². The van der Waals surface area contributed by atoms with Crippen molar-refractivity contribution in [1.29, 1.82) is 0 Å². The summed E-state index contributed by atoms with van der Waals surface area (Å²) in [4.78, 5) is 0. The molecule has 1 aromatic carbocycles. The van der Waals surface area contributed by atoms with Crippen molar-refractivity contribution < 1.29 is 9.47 Å². The molecular weight excluding hydrogens is 212 g/mol. The van der Waals surface area contributed by atoms with E-state index in [9.17, 15) is 0 Å². The Morgan fingerprint density at radius 3 is 2.65 bits per heavy atom. The maximum Gasteiger partial charge on any atom is 0.161 e. The number of methoxy groups -OCH3 is 1. The van der Waals surface area contributed by atoms with Crippen molar-refractivity contribution in [3.05, 3.63) is 29.8 Å². The Balaban J connectivity index is 2.64. The number of allylic oxidation sites excluding steroid dienone is 1. The summed E-state index contributed by atoms with van der Waals surface area (Å²) in [5, 5.41) is 0. The maximum atomic E-state index is 5.71. The summed E-state index contributed by atoms with van der Waals surface area (Å²) < 4.78 is 11.0. The van der Waals surface area contributed by atoms with Gasteiger partial charge in [0.2, 0.25) is 0 Å². The van der Waals surface area contributed by atoms with Crippen molar-refractivity contribution in [3.8, 4) is 11.5 Å². The van der Waals surface area contributed by atoms with Crippen molar-refractivity contribution in [2.24, 2.45) is 0 Å². The fourth-order valence-electron chi connectivity index (χ4n) is 1.63. The minimum Gasteiger partial charge on any atom is -0.493 e. The van der Waals surface area contributed by atoms with E-state index in [0.717, 1.165) is 30.1 Å². The van der Waals surface area contributed by atoms with Gasteiger partial charge in [-0.1, -0.05) is 38.0 Å². The van der Waals surface area contributed by atoms with E-state index in [2.05, 4.69) is 6.92 Å². The van der Waals surface area contributed by atoms with Crippen LogP contribution in [0.15, 0.2) is 24.3 Å². The molecule has 0 N–H and O–H groups in total. The van der Waals surface area contributed by atoms with Gasteiger partial charge in [-0.15, -0.1) is 0 Å². The first-order valence-electron chi connectivity index (χ1n) is 6.25. The summed E-state index contributed by atoms with van der Waals surface area (Å²) in [6.45, 7) is 4.95. The molecule has 0 atom stereocenters. The van der Waals surface area contributed by atoms with Gasteiger partial charge in [0, 0.05) is 0 Å².